The highest BCUT2D eigenvalue weighted by Crippen LogP contribution is 2.50. The summed E-state index contributed by atoms with van der Waals surface area (Å²) >= 11 is 5.09. The average Bonchev–Trinajstić information content (AvgIpc) is 2.27. The molecule has 0 aromatic heterocycles. The van der Waals surface area contributed by atoms with Crippen molar-refractivity contribution in [2.45, 2.75) is 70.6 Å². The summed E-state index contributed by atoms with van der Waals surface area (Å²) in [7, 11) is -4.67. The number of rotatable bonds is 8. The molecule has 20 heavy (non-hydrogen) atoms. The first-order valence-electron chi connectivity index (χ1n) is 7.57. The van der Waals surface area contributed by atoms with Crippen LogP contribution in [-0.2, 0) is 13.3 Å². The maximum atomic E-state index is 6.11. The molecular formula is C14H34O3SSi2. The van der Waals surface area contributed by atoms with E-state index in [1.54, 1.807) is 0 Å². The minimum absolute atomic E-state index is 0.188. The third kappa shape index (κ3) is 3.70. The van der Waals surface area contributed by atoms with E-state index in [-0.39, 0.29) is 9.03 Å². The van der Waals surface area contributed by atoms with Gasteiger partial charge >= 0.3 is 8.80 Å². The molecule has 0 radical (unpaired) electrons. The topological polar surface area (TPSA) is 27.7 Å². The van der Waals surface area contributed by atoms with Crippen molar-refractivity contribution < 1.29 is 13.3 Å². The first kappa shape index (κ1) is 20.7. The van der Waals surface area contributed by atoms with Crippen LogP contribution < -0.4 is 0 Å². The quantitative estimate of drug-likeness (QED) is 0.528. The van der Waals surface area contributed by atoms with Gasteiger partial charge in [-0.05, 0) is 32.7 Å². The average molecular weight is 339 g/mol. The van der Waals surface area contributed by atoms with Gasteiger partial charge in [0.15, 0.2) is 0 Å². The molecule has 1 atom stereocenters. The Morgan fingerprint density at radius 3 is 1.30 bits per heavy atom. The van der Waals surface area contributed by atoms with Crippen LogP contribution in [0.25, 0.3) is 0 Å². The van der Waals surface area contributed by atoms with E-state index in [1.165, 1.54) is 0 Å². The third-order valence-electron chi connectivity index (χ3n) is 4.69. The lowest BCUT2D eigenvalue weighted by Crippen LogP contribution is -2.73. The SMILES string of the molecule is CCO[Si](OCC)(OCC)[C@@](C)(S)[Si](C)(C)C(C)(C)C. The van der Waals surface area contributed by atoms with Crippen molar-refractivity contribution >= 4 is 29.5 Å². The van der Waals surface area contributed by atoms with Crippen LogP contribution in [0.15, 0.2) is 0 Å². The van der Waals surface area contributed by atoms with Gasteiger partial charge in [0.1, 0.15) is 0 Å². The van der Waals surface area contributed by atoms with Crippen LogP contribution in [-0.4, -0.2) is 40.7 Å². The highest BCUT2D eigenvalue weighted by atomic mass is 32.1. The fourth-order valence-corrected chi connectivity index (χ4v) is 12.3. The molecule has 0 rings (SSSR count). The summed E-state index contributed by atoms with van der Waals surface area (Å²) in [6, 6.07) is 0. The van der Waals surface area contributed by atoms with Crippen LogP contribution >= 0.6 is 12.6 Å². The van der Waals surface area contributed by atoms with E-state index in [9.17, 15) is 0 Å². The van der Waals surface area contributed by atoms with E-state index >= 15 is 0 Å². The molecule has 0 heterocycles. The van der Waals surface area contributed by atoms with Gasteiger partial charge in [-0.2, -0.15) is 12.6 Å². The molecule has 3 nitrogen and oxygen atoms in total. The van der Waals surface area contributed by atoms with Gasteiger partial charge in [0.25, 0.3) is 0 Å². The Kier molecular flexibility index (Phi) is 7.53. The highest BCUT2D eigenvalue weighted by molar-refractivity contribution is 7.86. The molecule has 0 N–H and O–H groups in total. The van der Waals surface area contributed by atoms with Crippen molar-refractivity contribution in [3.05, 3.63) is 0 Å². The summed E-state index contributed by atoms with van der Waals surface area (Å²) in [5.74, 6) is 0. The molecule has 0 aliphatic rings. The molecule has 0 amide bonds. The van der Waals surface area contributed by atoms with Crippen LogP contribution in [0.2, 0.25) is 18.1 Å². The molecule has 0 spiro atoms. The predicted molar refractivity (Wildman–Crippen MR) is 95.2 cm³/mol. The van der Waals surface area contributed by atoms with Gasteiger partial charge in [0.2, 0.25) is 0 Å². The molecule has 0 aromatic rings. The van der Waals surface area contributed by atoms with Gasteiger partial charge in [-0.15, -0.1) is 0 Å². The van der Waals surface area contributed by atoms with Gasteiger partial charge < -0.3 is 13.3 Å². The van der Waals surface area contributed by atoms with E-state index in [1.807, 2.05) is 20.8 Å². The summed E-state index contributed by atoms with van der Waals surface area (Å²) in [6.07, 6.45) is 0. The Morgan fingerprint density at radius 2 is 1.10 bits per heavy atom. The molecule has 0 fully saturated rings. The van der Waals surface area contributed by atoms with Gasteiger partial charge in [-0.3, -0.25) is 0 Å². The third-order valence-corrected chi connectivity index (χ3v) is 19.4. The normalized spacial score (nSPS) is 17.1. The minimum atomic E-state index is -2.84. The van der Waals surface area contributed by atoms with Gasteiger partial charge in [0.05, 0.1) is 12.1 Å². The van der Waals surface area contributed by atoms with Crippen molar-refractivity contribution in [1.82, 2.24) is 0 Å². The Bertz CT molecular complexity index is 284. The Labute approximate surface area is 133 Å². The minimum Gasteiger partial charge on any atom is -0.373 e. The van der Waals surface area contributed by atoms with Crippen molar-refractivity contribution in [2.24, 2.45) is 0 Å². The van der Waals surface area contributed by atoms with Crippen LogP contribution in [0.3, 0.4) is 0 Å². The number of hydrogen-bond donors (Lipinski definition) is 1. The largest absolute Gasteiger partial charge is 0.514 e. The lowest BCUT2D eigenvalue weighted by molar-refractivity contribution is 0.0661. The number of thiol groups is 1. The first-order valence-corrected chi connectivity index (χ1v) is 12.7. The summed E-state index contributed by atoms with van der Waals surface area (Å²) < 4.78 is 18.0. The molecule has 0 aromatic carbocycles. The Balaban J connectivity index is 5.85. The Hall–Kier alpha value is 0.664. The van der Waals surface area contributed by atoms with Crippen LogP contribution in [0.4, 0.5) is 0 Å². The maximum absolute atomic E-state index is 6.11. The fraction of sp³-hybridized carbons (Fsp3) is 1.00. The van der Waals surface area contributed by atoms with E-state index in [4.69, 9.17) is 25.9 Å². The van der Waals surface area contributed by atoms with Crippen LogP contribution in [0.1, 0.15) is 48.5 Å². The van der Waals surface area contributed by atoms with E-state index in [0.29, 0.717) is 19.8 Å². The molecule has 0 unspecified atom stereocenters. The molecule has 0 aliphatic heterocycles. The second kappa shape index (κ2) is 7.28. The lowest BCUT2D eigenvalue weighted by Gasteiger charge is -2.53. The van der Waals surface area contributed by atoms with Crippen molar-refractivity contribution in [2.75, 3.05) is 19.8 Å². The summed E-state index contributed by atoms with van der Waals surface area (Å²) in [5.41, 5.74) is 0. The fourth-order valence-electron chi connectivity index (χ4n) is 2.23. The highest BCUT2D eigenvalue weighted by Gasteiger charge is 2.66. The molecule has 6 heteroatoms. The van der Waals surface area contributed by atoms with Crippen LogP contribution in [0, 0.1) is 0 Å². The van der Waals surface area contributed by atoms with Gasteiger partial charge in [-0.25, -0.2) is 0 Å². The zero-order valence-electron chi connectivity index (χ0n) is 14.8. The standard InChI is InChI=1S/C14H34O3SSi2/c1-10-15-20(16-11-2,17-12-3)14(7,18)19(8,9)13(4,5)6/h18H,10-12H2,1-9H3/t14-/m0/s1. The van der Waals surface area contributed by atoms with E-state index in [2.05, 4.69) is 40.8 Å². The summed E-state index contributed by atoms with van der Waals surface area (Å²) in [4.78, 5) is 0. The maximum Gasteiger partial charge on any atom is 0.514 e. The summed E-state index contributed by atoms with van der Waals surface area (Å²) in [6.45, 7) is 21.5. The zero-order chi connectivity index (χ0) is 16.2. The second-order valence-corrected chi connectivity index (χ2v) is 17.8. The van der Waals surface area contributed by atoms with Crippen molar-refractivity contribution in [3.63, 3.8) is 0 Å². The molecule has 0 bridgehead atoms. The van der Waals surface area contributed by atoms with E-state index in [0.717, 1.165) is 0 Å². The second-order valence-electron chi connectivity index (χ2n) is 6.80. The molecule has 0 aliphatic carbocycles. The van der Waals surface area contributed by atoms with Crippen LogP contribution in [0.5, 0.6) is 0 Å². The van der Waals surface area contributed by atoms with Crippen molar-refractivity contribution in [3.8, 4) is 0 Å². The van der Waals surface area contributed by atoms with Gasteiger partial charge in [-0.1, -0.05) is 33.9 Å². The number of hydrogen-bond acceptors (Lipinski definition) is 4. The molecule has 0 saturated heterocycles. The zero-order valence-corrected chi connectivity index (χ0v) is 17.7. The van der Waals surface area contributed by atoms with E-state index < -0.39 is 16.9 Å². The van der Waals surface area contributed by atoms with Gasteiger partial charge in [0, 0.05) is 19.8 Å². The van der Waals surface area contributed by atoms with Crippen molar-refractivity contribution in [1.29, 1.82) is 0 Å². The summed E-state index contributed by atoms with van der Waals surface area (Å²) in [5, 5.41) is 0.188. The first-order chi connectivity index (χ1) is 8.93. The molecular weight excluding hydrogens is 304 g/mol. The predicted octanol–water partition coefficient (Wildman–Crippen LogP) is 4.31. The lowest BCUT2D eigenvalue weighted by atomic mass is 10.2. The smallest absolute Gasteiger partial charge is 0.373 e. The Morgan fingerprint density at radius 1 is 0.800 bits per heavy atom. The monoisotopic (exact) mass is 338 g/mol. The molecule has 122 valence electrons. The molecule has 0 saturated carbocycles.